The van der Waals surface area contributed by atoms with Gasteiger partial charge in [0, 0.05) is 5.69 Å². The van der Waals surface area contributed by atoms with Crippen molar-refractivity contribution in [3.05, 3.63) is 103 Å². The Balaban J connectivity index is 1.44. The van der Waals surface area contributed by atoms with Crippen LogP contribution in [0.15, 0.2) is 108 Å². The van der Waals surface area contributed by atoms with Crippen LogP contribution in [0.5, 0.6) is 0 Å². The molecule has 34 heavy (non-hydrogen) atoms. The van der Waals surface area contributed by atoms with Crippen LogP contribution in [0.4, 0.5) is 23.0 Å². The summed E-state index contributed by atoms with van der Waals surface area (Å²) < 4.78 is 15.9. The molecule has 0 aliphatic heterocycles. The number of aromatic nitrogens is 2. The van der Waals surface area contributed by atoms with Crippen LogP contribution in [0.2, 0.25) is 0 Å². The fourth-order valence-electron chi connectivity index (χ4n) is 3.47. The van der Waals surface area contributed by atoms with Gasteiger partial charge in [-0.05, 0) is 59.7 Å². The van der Waals surface area contributed by atoms with Gasteiger partial charge in [0.1, 0.15) is 0 Å². The molecule has 0 saturated carbocycles. The number of hydrogen-bond acceptors (Lipinski definition) is 6. The van der Waals surface area contributed by atoms with Gasteiger partial charge in [0.2, 0.25) is 0 Å². The summed E-state index contributed by atoms with van der Waals surface area (Å²) in [6.07, 6.45) is 0. The van der Waals surface area contributed by atoms with Crippen molar-refractivity contribution in [2.24, 2.45) is 0 Å². The second-order valence-electron chi connectivity index (χ2n) is 7.48. The standard InChI is InChI=1S/C26H21N5O2S/c32-30-21-16-12-19(13-17-21)18-10-14-20(15-11-18)27-25-26(29-24-9-5-4-8-23(24)28-25)31-34(33)22-6-2-1-3-7-22/h1-17,30,32H,(H,27,28)(H,29,31). The number of rotatable bonds is 7. The van der Waals surface area contributed by atoms with E-state index in [0.717, 1.165) is 22.3 Å². The Morgan fingerprint density at radius 1 is 0.618 bits per heavy atom. The summed E-state index contributed by atoms with van der Waals surface area (Å²) in [7, 11) is -1.49. The highest BCUT2D eigenvalue weighted by atomic mass is 32.2. The lowest BCUT2D eigenvalue weighted by atomic mass is 10.1. The van der Waals surface area contributed by atoms with Gasteiger partial charge in [0.15, 0.2) is 22.6 Å². The third kappa shape index (κ3) is 4.73. The fraction of sp³-hybridized carbons (Fsp3) is 0. The zero-order valence-electron chi connectivity index (χ0n) is 18.0. The lowest BCUT2D eigenvalue weighted by Crippen LogP contribution is -2.10. The first-order valence-electron chi connectivity index (χ1n) is 10.6. The van der Waals surface area contributed by atoms with E-state index in [2.05, 4.69) is 20.5 Å². The molecule has 0 aliphatic rings. The lowest BCUT2D eigenvalue weighted by Gasteiger charge is -2.13. The van der Waals surface area contributed by atoms with Crippen molar-refractivity contribution >= 4 is 45.0 Å². The summed E-state index contributed by atoms with van der Waals surface area (Å²) in [5, 5.41) is 12.3. The van der Waals surface area contributed by atoms with Gasteiger partial charge < -0.3 is 5.32 Å². The number of anilines is 4. The molecule has 8 heteroatoms. The number of nitrogens with zero attached hydrogens (tertiary/aromatic N) is 2. The van der Waals surface area contributed by atoms with Crippen molar-refractivity contribution in [3.8, 4) is 11.1 Å². The van der Waals surface area contributed by atoms with Crippen LogP contribution in [-0.2, 0) is 11.0 Å². The third-order valence-corrected chi connectivity index (χ3v) is 6.29. The summed E-state index contributed by atoms with van der Waals surface area (Å²) in [6.45, 7) is 0. The summed E-state index contributed by atoms with van der Waals surface area (Å²) in [4.78, 5) is 10.0. The van der Waals surface area contributed by atoms with E-state index in [4.69, 9.17) is 10.2 Å². The first-order chi connectivity index (χ1) is 16.7. The molecule has 1 heterocycles. The maximum Gasteiger partial charge on any atom is 0.182 e. The molecule has 0 spiro atoms. The van der Waals surface area contributed by atoms with Crippen molar-refractivity contribution < 1.29 is 9.42 Å². The van der Waals surface area contributed by atoms with E-state index in [1.54, 1.807) is 24.3 Å². The molecule has 0 saturated heterocycles. The topological polar surface area (TPSA) is 99.2 Å². The average Bonchev–Trinajstić information content (AvgIpc) is 2.90. The Morgan fingerprint density at radius 2 is 1.15 bits per heavy atom. The lowest BCUT2D eigenvalue weighted by molar-refractivity contribution is 0.389. The highest BCUT2D eigenvalue weighted by Gasteiger charge is 2.13. The second kappa shape index (κ2) is 9.70. The first kappa shape index (κ1) is 21.6. The Hall–Kier alpha value is -4.27. The normalized spacial score (nSPS) is 11.7. The van der Waals surface area contributed by atoms with Gasteiger partial charge in [-0.15, -0.1) is 0 Å². The predicted octanol–water partition coefficient (Wildman–Crippen LogP) is 5.98. The molecule has 5 aromatic rings. The molecular weight excluding hydrogens is 446 g/mol. The van der Waals surface area contributed by atoms with Gasteiger partial charge >= 0.3 is 0 Å². The van der Waals surface area contributed by atoms with E-state index in [9.17, 15) is 4.21 Å². The molecule has 0 radical (unpaired) electrons. The minimum atomic E-state index is -1.49. The molecule has 0 aliphatic carbocycles. The van der Waals surface area contributed by atoms with Crippen LogP contribution in [0.1, 0.15) is 0 Å². The van der Waals surface area contributed by atoms with E-state index in [1.807, 2.05) is 78.9 Å². The van der Waals surface area contributed by atoms with Crippen LogP contribution in [0.3, 0.4) is 0 Å². The zero-order chi connectivity index (χ0) is 23.3. The number of para-hydroxylation sites is 2. The number of fused-ring (bicyclic) bond motifs is 1. The fourth-order valence-corrected chi connectivity index (χ4v) is 4.31. The Morgan fingerprint density at radius 3 is 1.74 bits per heavy atom. The van der Waals surface area contributed by atoms with E-state index in [-0.39, 0.29) is 0 Å². The third-order valence-electron chi connectivity index (χ3n) is 5.21. The number of benzene rings is 4. The second-order valence-corrected chi connectivity index (χ2v) is 8.70. The van der Waals surface area contributed by atoms with Crippen LogP contribution in [-0.4, -0.2) is 19.4 Å². The van der Waals surface area contributed by atoms with Gasteiger partial charge in [-0.1, -0.05) is 54.6 Å². The number of hydrogen-bond donors (Lipinski definition) is 4. The van der Waals surface area contributed by atoms with E-state index in [1.165, 1.54) is 0 Å². The Labute approximate surface area is 199 Å². The molecule has 0 bridgehead atoms. The molecule has 0 amide bonds. The van der Waals surface area contributed by atoms with Crippen molar-refractivity contribution in [1.29, 1.82) is 0 Å². The molecule has 168 valence electrons. The van der Waals surface area contributed by atoms with Gasteiger partial charge in [-0.3, -0.25) is 15.4 Å². The van der Waals surface area contributed by atoms with E-state index in [0.29, 0.717) is 27.7 Å². The summed E-state index contributed by atoms with van der Waals surface area (Å²) in [5.41, 5.74) is 7.07. The maximum atomic E-state index is 12.9. The monoisotopic (exact) mass is 467 g/mol. The molecule has 1 atom stereocenters. The van der Waals surface area contributed by atoms with Crippen molar-refractivity contribution in [1.82, 2.24) is 9.97 Å². The predicted molar refractivity (Wildman–Crippen MR) is 137 cm³/mol. The largest absolute Gasteiger partial charge is 0.337 e. The SMILES string of the molecule is O=S(Nc1nc2ccccc2nc1Nc1ccc(-c2ccc(NO)cc2)cc1)c1ccccc1. The smallest absolute Gasteiger partial charge is 0.182 e. The van der Waals surface area contributed by atoms with Crippen LogP contribution in [0.25, 0.3) is 22.2 Å². The minimum absolute atomic E-state index is 0.400. The Bertz CT molecular complexity index is 1440. The first-order valence-corrected chi connectivity index (χ1v) is 11.7. The van der Waals surface area contributed by atoms with Crippen molar-refractivity contribution in [3.63, 3.8) is 0 Å². The van der Waals surface area contributed by atoms with E-state index >= 15 is 0 Å². The minimum Gasteiger partial charge on any atom is -0.337 e. The van der Waals surface area contributed by atoms with Crippen molar-refractivity contribution in [2.45, 2.75) is 4.90 Å². The average molecular weight is 468 g/mol. The molecule has 4 aromatic carbocycles. The zero-order valence-corrected chi connectivity index (χ0v) is 18.8. The highest BCUT2D eigenvalue weighted by Crippen LogP contribution is 2.28. The van der Waals surface area contributed by atoms with Gasteiger partial charge in [0.25, 0.3) is 0 Å². The maximum absolute atomic E-state index is 12.9. The molecule has 5 rings (SSSR count). The molecular formula is C26H21N5O2S. The van der Waals surface area contributed by atoms with Crippen LogP contribution in [0, 0.1) is 0 Å². The van der Waals surface area contributed by atoms with Gasteiger partial charge in [-0.25, -0.2) is 14.2 Å². The van der Waals surface area contributed by atoms with Crippen molar-refractivity contribution in [2.75, 3.05) is 15.5 Å². The summed E-state index contributed by atoms with van der Waals surface area (Å²) in [6, 6.07) is 32.1. The molecule has 4 N–H and O–H groups in total. The van der Waals surface area contributed by atoms with E-state index < -0.39 is 11.0 Å². The summed E-state index contributed by atoms with van der Waals surface area (Å²) >= 11 is 0. The van der Waals surface area contributed by atoms with Crippen LogP contribution < -0.4 is 15.5 Å². The highest BCUT2D eigenvalue weighted by molar-refractivity contribution is 7.86. The molecule has 1 aromatic heterocycles. The number of nitrogens with one attached hydrogen (secondary N) is 3. The summed E-state index contributed by atoms with van der Waals surface area (Å²) in [5.74, 6) is 0.881. The quantitative estimate of drug-likeness (QED) is 0.220. The van der Waals surface area contributed by atoms with Gasteiger partial charge in [0.05, 0.1) is 21.6 Å². The molecule has 0 fully saturated rings. The molecule has 1 unspecified atom stereocenters. The Kier molecular flexibility index (Phi) is 6.15. The molecule has 7 nitrogen and oxygen atoms in total. The van der Waals surface area contributed by atoms with Crippen LogP contribution >= 0.6 is 0 Å². The van der Waals surface area contributed by atoms with Gasteiger partial charge in [-0.2, -0.15) is 0 Å².